The average Bonchev–Trinajstić information content (AvgIpc) is 3.15. The molecule has 2 atom stereocenters. The molecule has 4 aromatic rings. The van der Waals surface area contributed by atoms with E-state index in [4.69, 9.17) is 58.0 Å². The summed E-state index contributed by atoms with van der Waals surface area (Å²) in [6, 6.07) is 13.9. The second kappa shape index (κ2) is 9.63. The van der Waals surface area contributed by atoms with Crippen LogP contribution in [0.4, 0.5) is 15.2 Å². The number of fused-ring (bicyclic) bond motifs is 1. The largest absolute Gasteiger partial charge is 0.326 e. The fourth-order valence-corrected chi connectivity index (χ4v) is 6.40. The van der Waals surface area contributed by atoms with Crippen LogP contribution in [0.1, 0.15) is 21.8 Å². The minimum Gasteiger partial charge on any atom is -0.326 e. The third-order valence-corrected chi connectivity index (χ3v) is 8.29. The Kier molecular flexibility index (Phi) is 6.83. The first-order valence-electron chi connectivity index (χ1n) is 10.3. The number of alkyl halides is 2. The molecule has 1 aliphatic carbocycles. The lowest BCUT2D eigenvalue weighted by molar-refractivity contribution is -0.117. The molecule has 0 unspecified atom stereocenters. The van der Waals surface area contributed by atoms with Gasteiger partial charge in [-0.3, -0.25) is 14.9 Å². The highest BCUT2D eigenvalue weighted by Crippen LogP contribution is 2.65. The molecular formula is C24H13Cl5FN3O2S. The standard InChI is InChI=1S/C24H13Cl5FN3O2S/c25-11-6-10(7-12(26)8-11)18-19(24(18,28)29)22(35)31-13-4-5-15(27)14(9-13)21(34)33-23-32-20-16(30)2-1-3-17(20)36-23/h1-9,18-19H,(H,31,35)(H,32,33,34)/t18-,19+/m0/s1. The number of anilines is 2. The van der Waals surface area contributed by atoms with Crippen LogP contribution >= 0.6 is 69.3 Å². The van der Waals surface area contributed by atoms with Crippen LogP contribution in [0.3, 0.4) is 0 Å². The van der Waals surface area contributed by atoms with E-state index in [2.05, 4.69) is 15.6 Å². The number of carbonyl (C=O) groups is 2. The molecule has 184 valence electrons. The molecule has 5 rings (SSSR count). The van der Waals surface area contributed by atoms with E-state index in [1.54, 1.807) is 36.4 Å². The van der Waals surface area contributed by atoms with Crippen molar-refractivity contribution in [3.05, 3.63) is 86.6 Å². The Bertz CT molecular complexity index is 1520. The van der Waals surface area contributed by atoms with Crippen molar-refractivity contribution in [2.24, 2.45) is 5.92 Å². The number of nitrogens with zero attached hydrogens (tertiary/aromatic N) is 1. The van der Waals surface area contributed by atoms with E-state index in [1.165, 1.54) is 18.2 Å². The van der Waals surface area contributed by atoms with Crippen LogP contribution in [-0.4, -0.2) is 21.1 Å². The molecule has 1 aliphatic rings. The quantitative estimate of drug-likeness (QED) is 0.226. The van der Waals surface area contributed by atoms with E-state index in [0.29, 0.717) is 26.0 Å². The van der Waals surface area contributed by atoms with Gasteiger partial charge in [0.1, 0.15) is 15.7 Å². The number of hydrogen-bond donors (Lipinski definition) is 2. The maximum Gasteiger partial charge on any atom is 0.259 e. The molecule has 0 radical (unpaired) electrons. The molecule has 1 aromatic heterocycles. The van der Waals surface area contributed by atoms with Gasteiger partial charge in [-0.15, -0.1) is 23.2 Å². The summed E-state index contributed by atoms with van der Waals surface area (Å²) in [4.78, 5) is 30.0. The third kappa shape index (κ3) is 4.88. The molecule has 3 aromatic carbocycles. The van der Waals surface area contributed by atoms with Crippen molar-refractivity contribution in [1.29, 1.82) is 0 Å². The Balaban J connectivity index is 1.33. The first kappa shape index (κ1) is 25.5. The highest BCUT2D eigenvalue weighted by atomic mass is 35.5. The number of hydrogen-bond acceptors (Lipinski definition) is 4. The van der Waals surface area contributed by atoms with Crippen molar-refractivity contribution >= 4 is 102 Å². The van der Waals surface area contributed by atoms with Crippen molar-refractivity contribution < 1.29 is 14.0 Å². The van der Waals surface area contributed by atoms with E-state index < -0.39 is 33.8 Å². The molecule has 36 heavy (non-hydrogen) atoms. The average molecular weight is 604 g/mol. The molecular weight excluding hydrogens is 591 g/mol. The first-order valence-corrected chi connectivity index (χ1v) is 13.1. The fraction of sp³-hybridized carbons (Fsp3) is 0.125. The molecule has 5 nitrogen and oxygen atoms in total. The van der Waals surface area contributed by atoms with Gasteiger partial charge in [-0.25, -0.2) is 9.37 Å². The number of para-hydroxylation sites is 1. The van der Waals surface area contributed by atoms with Crippen LogP contribution in [0.25, 0.3) is 10.2 Å². The van der Waals surface area contributed by atoms with Crippen LogP contribution in [0, 0.1) is 11.7 Å². The first-order chi connectivity index (χ1) is 17.0. The molecule has 0 bridgehead atoms. The summed E-state index contributed by atoms with van der Waals surface area (Å²) in [6.07, 6.45) is 0. The highest BCUT2D eigenvalue weighted by Gasteiger charge is 2.67. The lowest BCUT2D eigenvalue weighted by Crippen LogP contribution is -2.18. The molecule has 0 aliphatic heterocycles. The summed E-state index contributed by atoms with van der Waals surface area (Å²) >= 11 is 32.3. The molecule has 1 fully saturated rings. The Hall–Kier alpha value is -2.13. The van der Waals surface area contributed by atoms with E-state index in [1.807, 2.05) is 0 Å². The molecule has 0 spiro atoms. The third-order valence-electron chi connectivity index (χ3n) is 5.65. The minimum absolute atomic E-state index is 0.0891. The topological polar surface area (TPSA) is 71.1 Å². The summed E-state index contributed by atoms with van der Waals surface area (Å²) in [5, 5.41) is 6.51. The lowest BCUT2D eigenvalue weighted by atomic mass is 10.1. The zero-order valence-electron chi connectivity index (χ0n) is 17.8. The second-order valence-electron chi connectivity index (χ2n) is 8.08. The lowest BCUT2D eigenvalue weighted by Gasteiger charge is -2.09. The number of halogens is 6. The molecule has 1 heterocycles. The Labute approximate surface area is 233 Å². The van der Waals surface area contributed by atoms with Crippen LogP contribution in [0.15, 0.2) is 54.6 Å². The maximum atomic E-state index is 13.9. The van der Waals surface area contributed by atoms with Gasteiger partial charge < -0.3 is 5.32 Å². The summed E-state index contributed by atoms with van der Waals surface area (Å²) in [5.41, 5.74) is 1.20. The van der Waals surface area contributed by atoms with Crippen LogP contribution in [0.2, 0.25) is 15.1 Å². The molecule has 0 saturated heterocycles. The SMILES string of the molecule is O=C(Nc1nc2c(F)cccc2s1)c1cc(NC(=O)[C@H]2[C@H](c3cc(Cl)cc(Cl)c3)C2(Cl)Cl)ccc1Cl. The molecule has 1 saturated carbocycles. The van der Waals surface area contributed by atoms with Gasteiger partial charge in [0.2, 0.25) is 5.91 Å². The van der Waals surface area contributed by atoms with E-state index in [-0.39, 0.29) is 21.2 Å². The Morgan fingerprint density at radius 3 is 2.39 bits per heavy atom. The van der Waals surface area contributed by atoms with E-state index in [9.17, 15) is 14.0 Å². The smallest absolute Gasteiger partial charge is 0.259 e. The van der Waals surface area contributed by atoms with Gasteiger partial charge in [0.15, 0.2) is 5.13 Å². The fourth-order valence-electron chi connectivity index (χ4n) is 3.95. The van der Waals surface area contributed by atoms with Crippen molar-refractivity contribution in [3.63, 3.8) is 0 Å². The second-order valence-corrected chi connectivity index (χ2v) is 11.8. The number of aromatic nitrogens is 1. The van der Waals surface area contributed by atoms with Crippen LogP contribution < -0.4 is 10.6 Å². The monoisotopic (exact) mass is 601 g/mol. The van der Waals surface area contributed by atoms with E-state index in [0.717, 1.165) is 11.3 Å². The number of benzene rings is 3. The van der Waals surface area contributed by atoms with Crippen LogP contribution in [-0.2, 0) is 4.79 Å². The van der Waals surface area contributed by atoms with Gasteiger partial charge in [0.05, 0.1) is 21.2 Å². The number of amides is 2. The zero-order chi connectivity index (χ0) is 25.8. The number of carbonyl (C=O) groups excluding carboxylic acids is 2. The predicted octanol–water partition coefficient (Wildman–Crippen LogP) is 8.17. The summed E-state index contributed by atoms with van der Waals surface area (Å²) in [5.74, 6) is -2.80. The van der Waals surface area contributed by atoms with Crippen molar-refractivity contribution in [2.45, 2.75) is 10.3 Å². The maximum absolute atomic E-state index is 13.9. The normalized spacial score (nSPS) is 18.2. The van der Waals surface area contributed by atoms with Gasteiger partial charge in [-0.1, -0.05) is 52.2 Å². The Morgan fingerprint density at radius 1 is 0.972 bits per heavy atom. The van der Waals surface area contributed by atoms with Crippen LogP contribution in [0.5, 0.6) is 0 Å². The summed E-state index contributed by atoms with van der Waals surface area (Å²) in [7, 11) is 0. The number of thiazole rings is 1. The number of nitrogens with one attached hydrogen (secondary N) is 2. The van der Waals surface area contributed by atoms with Gasteiger partial charge in [-0.2, -0.15) is 0 Å². The zero-order valence-corrected chi connectivity index (χ0v) is 22.4. The number of rotatable bonds is 5. The Morgan fingerprint density at radius 2 is 1.69 bits per heavy atom. The van der Waals surface area contributed by atoms with Gasteiger partial charge >= 0.3 is 0 Å². The van der Waals surface area contributed by atoms with Gasteiger partial charge in [0.25, 0.3) is 5.91 Å². The van der Waals surface area contributed by atoms with Crippen molar-refractivity contribution in [3.8, 4) is 0 Å². The van der Waals surface area contributed by atoms with Crippen molar-refractivity contribution in [2.75, 3.05) is 10.6 Å². The predicted molar refractivity (Wildman–Crippen MR) is 145 cm³/mol. The van der Waals surface area contributed by atoms with Crippen molar-refractivity contribution in [1.82, 2.24) is 4.98 Å². The molecule has 2 amide bonds. The summed E-state index contributed by atoms with van der Waals surface area (Å²) < 4.78 is 13.2. The minimum atomic E-state index is -1.35. The van der Waals surface area contributed by atoms with Gasteiger partial charge in [-0.05, 0) is 54.1 Å². The highest BCUT2D eigenvalue weighted by molar-refractivity contribution is 7.22. The molecule has 12 heteroatoms. The molecule has 2 N–H and O–H groups in total. The van der Waals surface area contributed by atoms with E-state index >= 15 is 0 Å². The van der Waals surface area contributed by atoms with Gasteiger partial charge in [0, 0.05) is 21.7 Å². The summed E-state index contributed by atoms with van der Waals surface area (Å²) in [6.45, 7) is 0.